The molecule has 0 saturated heterocycles. The highest BCUT2D eigenvalue weighted by Gasteiger charge is 2.41. The lowest BCUT2D eigenvalue weighted by atomic mass is 9.95. The normalized spacial score (nSPS) is 17.6. The minimum atomic E-state index is -0.543. The van der Waals surface area contributed by atoms with E-state index < -0.39 is 5.91 Å². The zero-order valence-electron chi connectivity index (χ0n) is 11.0. The average molecular weight is 261 g/mol. The first-order valence-corrected chi connectivity index (χ1v) is 6.39. The summed E-state index contributed by atoms with van der Waals surface area (Å²) in [5.74, 6) is -0.317. The minimum Gasteiger partial charge on any atom is -0.366 e. The quantitative estimate of drug-likeness (QED) is 0.725. The molecule has 5 heteroatoms. The van der Waals surface area contributed by atoms with E-state index in [9.17, 15) is 9.59 Å². The summed E-state index contributed by atoms with van der Waals surface area (Å²) in [7, 11) is 0. The summed E-state index contributed by atoms with van der Waals surface area (Å²) < 4.78 is 0. The van der Waals surface area contributed by atoms with Gasteiger partial charge >= 0.3 is 0 Å². The van der Waals surface area contributed by atoms with Crippen molar-refractivity contribution in [1.82, 2.24) is 5.32 Å². The van der Waals surface area contributed by atoms with E-state index in [4.69, 9.17) is 11.5 Å². The molecule has 102 valence electrons. The van der Waals surface area contributed by atoms with Gasteiger partial charge in [-0.2, -0.15) is 0 Å². The third kappa shape index (κ3) is 2.93. The highest BCUT2D eigenvalue weighted by Crippen LogP contribution is 2.39. The number of hydrogen-bond acceptors (Lipinski definition) is 3. The Labute approximate surface area is 112 Å². The lowest BCUT2D eigenvalue weighted by molar-refractivity contribution is 0.0898. The molecule has 0 heterocycles. The molecule has 0 bridgehead atoms. The predicted octanol–water partition coefficient (Wildman–Crippen LogP) is 0.643. The van der Waals surface area contributed by atoms with E-state index in [1.165, 1.54) is 6.07 Å². The molecule has 1 aliphatic rings. The fourth-order valence-electron chi connectivity index (χ4n) is 2.19. The fourth-order valence-corrected chi connectivity index (χ4v) is 2.19. The molecular formula is C14H19N3O2. The molecule has 1 unspecified atom stereocenters. The number of hydrogen-bond donors (Lipinski definition) is 3. The zero-order chi connectivity index (χ0) is 14.0. The SMILES string of the molecule is CC(CN)(NC(=O)c1cccc(C(N)=O)c1)C1CC1. The Morgan fingerprint density at radius 2 is 2.00 bits per heavy atom. The maximum atomic E-state index is 12.2. The van der Waals surface area contributed by atoms with Gasteiger partial charge in [-0.25, -0.2) is 0 Å². The van der Waals surface area contributed by atoms with Gasteiger partial charge in [0.15, 0.2) is 0 Å². The smallest absolute Gasteiger partial charge is 0.251 e. The van der Waals surface area contributed by atoms with Crippen molar-refractivity contribution in [3.8, 4) is 0 Å². The largest absolute Gasteiger partial charge is 0.366 e. The van der Waals surface area contributed by atoms with Crippen molar-refractivity contribution in [1.29, 1.82) is 0 Å². The molecule has 1 fully saturated rings. The molecule has 2 rings (SSSR count). The van der Waals surface area contributed by atoms with Crippen molar-refractivity contribution in [3.05, 3.63) is 35.4 Å². The third-order valence-corrected chi connectivity index (χ3v) is 3.71. The summed E-state index contributed by atoms with van der Waals surface area (Å²) >= 11 is 0. The predicted molar refractivity (Wildman–Crippen MR) is 72.6 cm³/mol. The molecule has 1 aliphatic carbocycles. The van der Waals surface area contributed by atoms with Gasteiger partial charge in [0.25, 0.3) is 5.91 Å². The first-order chi connectivity index (χ1) is 8.96. The van der Waals surface area contributed by atoms with E-state index in [1.54, 1.807) is 18.2 Å². The molecule has 1 atom stereocenters. The van der Waals surface area contributed by atoms with Crippen LogP contribution in [0.2, 0.25) is 0 Å². The number of carbonyl (C=O) groups excluding carboxylic acids is 2. The Bertz CT molecular complexity index is 511. The van der Waals surface area contributed by atoms with E-state index in [0.29, 0.717) is 23.6 Å². The topological polar surface area (TPSA) is 98.2 Å². The van der Waals surface area contributed by atoms with Gasteiger partial charge in [-0.1, -0.05) is 6.07 Å². The molecule has 5 N–H and O–H groups in total. The third-order valence-electron chi connectivity index (χ3n) is 3.71. The maximum Gasteiger partial charge on any atom is 0.251 e. The summed E-state index contributed by atoms with van der Waals surface area (Å²) in [5, 5.41) is 2.97. The number of nitrogens with two attached hydrogens (primary N) is 2. The number of carbonyl (C=O) groups is 2. The number of nitrogens with one attached hydrogen (secondary N) is 1. The van der Waals surface area contributed by atoms with E-state index in [1.807, 2.05) is 6.92 Å². The second kappa shape index (κ2) is 5.01. The molecule has 2 amide bonds. The van der Waals surface area contributed by atoms with Crippen molar-refractivity contribution in [2.45, 2.75) is 25.3 Å². The van der Waals surface area contributed by atoms with Crippen molar-refractivity contribution in [2.24, 2.45) is 17.4 Å². The first kappa shape index (κ1) is 13.5. The second-order valence-electron chi connectivity index (χ2n) is 5.30. The van der Waals surface area contributed by atoms with Gasteiger partial charge < -0.3 is 16.8 Å². The van der Waals surface area contributed by atoms with Crippen LogP contribution in [0.4, 0.5) is 0 Å². The van der Waals surface area contributed by atoms with Gasteiger partial charge in [-0.3, -0.25) is 9.59 Å². The fraction of sp³-hybridized carbons (Fsp3) is 0.429. The van der Waals surface area contributed by atoms with Gasteiger partial charge in [-0.15, -0.1) is 0 Å². The van der Waals surface area contributed by atoms with Gasteiger partial charge in [0.1, 0.15) is 0 Å². The van der Waals surface area contributed by atoms with Gasteiger partial charge in [0, 0.05) is 17.7 Å². The van der Waals surface area contributed by atoms with E-state index in [-0.39, 0.29) is 11.4 Å². The highest BCUT2D eigenvalue weighted by atomic mass is 16.2. The van der Waals surface area contributed by atoms with Crippen LogP contribution in [0.5, 0.6) is 0 Å². The summed E-state index contributed by atoms with van der Waals surface area (Å²) in [4.78, 5) is 23.3. The Morgan fingerprint density at radius 3 is 2.53 bits per heavy atom. The van der Waals surface area contributed by atoms with Crippen LogP contribution >= 0.6 is 0 Å². The monoisotopic (exact) mass is 261 g/mol. The Morgan fingerprint density at radius 1 is 1.37 bits per heavy atom. The molecule has 0 aliphatic heterocycles. The number of amides is 2. The standard InChI is InChI=1S/C14H19N3O2/c1-14(8-15,11-5-6-11)17-13(19)10-4-2-3-9(7-10)12(16)18/h2-4,7,11H,5-6,8,15H2,1H3,(H2,16,18)(H,17,19). The van der Waals surface area contributed by atoms with Crippen molar-refractivity contribution >= 4 is 11.8 Å². The van der Waals surface area contributed by atoms with Crippen LogP contribution in [0.15, 0.2) is 24.3 Å². The summed E-state index contributed by atoms with van der Waals surface area (Å²) in [6, 6.07) is 6.39. The summed E-state index contributed by atoms with van der Waals surface area (Å²) in [6.45, 7) is 2.36. The number of benzene rings is 1. The lowest BCUT2D eigenvalue weighted by Gasteiger charge is -2.29. The van der Waals surface area contributed by atoms with E-state index in [2.05, 4.69) is 5.32 Å². The molecule has 0 aromatic heterocycles. The Kier molecular flexibility index (Phi) is 3.57. The van der Waals surface area contributed by atoms with Crippen LogP contribution in [-0.2, 0) is 0 Å². The number of primary amides is 1. The van der Waals surface area contributed by atoms with Gasteiger partial charge in [-0.05, 0) is 43.9 Å². The molecule has 1 aromatic rings. The molecule has 1 saturated carbocycles. The highest BCUT2D eigenvalue weighted by molar-refractivity contribution is 5.99. The van der Waals surface area contributed by atoms with Crippen LogP contribution in [0.1, 0.15) is 40.5 Å². The Hall–Kier alpha value is -1.88. The lowest BCUT2D eigenvalue weighted by Crippen LogP contribution is -2.53. The summed E-state index contributed by atoms with van der Waals surface area (Å²) in [5.41, 5.74) is 11.3. The average Bonchev–Trinajstić information content (AvgIpc) is 3.23. The minimum absolute atomic E-state index is 0.219. The van der Waals surface area contributed by atoms with Crippen molar-refractivity contribution in [2.75, 3.05) is 6.54 Å². The first-order valence-electron chi connectivity index (χ1n) is 6.39. The van der Waals surface area contributed by atoms with Crippen LogP contribution in [0.25, 0.3) is 0 Å². The molecule has 5 nitrogen and oxygen atoms in total. The van der Waals surface area contributed by atoms with Crippen LogP contribution in [0, 0.1) is 5.92 Å². The molecule has 0 spiro atoms. The molecule has 1 aromatic carbocycles. The van der Waals surface area contributed by atoms with Crippen LogP contribution < -0.4 is 16.8 Å². The van der Waals surface area contributed by atoms with Crippen molar-refractivity contribution in [3.63, 3.8) is 0 Å². The van der Waals surface area contributed by atoms with Crippen molar-refractivity contribution < 1.29 is 9.59 Å². The van der Waals surface area contributed by atoms with Gasteiger partial charge in [0.2, 0.25) is 5.91 Å². The van der Waals surface area contributed by atoms with Crippen LogP contribution in [0.3, 0.4) is 0 Å². The van der Waals surface area contributed by atoms with Gasteiger partial charge in [0.05, 0.1) is 5.54 Å². The second-order valence-corrected chi connectivity index (χ2v) is 5.30. The van der Waals surface area contributed by atoms with E-state index >= 15 is 0 Å². The van der Waals surface area contributed by atoms with Crippen LogP contribution in [-0.4, -0.2) is 23.9 Å². The molecular weight excluding hydrogens is 242 g/mol. The Balaban J connectivity index is 2.15. The van der Waals surface area contributed by atoms with E-state index in [0.717, 1.165) is 12.8 Å². The zero-order valence-corrected chi connectivity index (χ0v) is 11.0. The maximum absolute atomic E-state index is 12.2. The number of rotatable bonds is 5. The molecule has 0 radical (unpaired) electrons. The molecule has 19 heavy (non-hydrogen) atoms. The summed E-state index contributed by atoms with van der Waals surface area (Å²) in [6.07, 6.45) is 2.19.